The molecule has 120 valence electrons. The molecule has 0 bridgehead atoms. The predicted molar refractivity (Wildman–Crippen MR) is 81.5 cm³/mol. The highest BCUT2D eigenvalue weighted by atomic mass is 16.6. The number of methoxy groups -OCH3 is 1. The van der Waals surface area contributed by atoms with Gasteiger partial charge in [0.05, 0.1) is 7.11 Å². The van der Waals surface area contributed by atoms with Crippen LogP contribution < -0.4 is 10.1 Å². The molecule has 1 atom stereocenters. The van der Waals surface area contributed by atoms with Crippen LogP contribution in [0.5, 0.6) is 5.75 Å². The molecule has 0 aromatic heterocycles. The van der Waals surface area contributed by atoms with Gasteiger partial charge in [0.25, 0.3) is 0 Å². The number of carbonyl (C=O) groups excluding carboxylic acids is 2. The van der Waals surface area contributed by atoms with E-state index in [-0.39, 0.29) is 18.4 Å². The lowest BCUT2D eigenvalue weighted by Gasteiger charge is -2.22. The fourth-order valence-corrected chi connectivity index (χ4v) is 2.35. The molecule has 1 aliphatic rings. The average molecular weight is 306 g/mol. The number of nitrogens with zero attached hydrogens (tertiary/aromatic N) is 1. The van der Waals surface area contributed by atoms with Crippen LogP contribution in [0, 0.1) is 5.92 Å². The summed E-state index contributed by atoms with van der Waals surface area (Å²) in [5.74, 6) is 0.821. The van der Waals surface area contributed by atoms with Crippen LogP contribution >= 0.6 is 0 Å². The molecule has 6 nitrogen and oxygen atoms in total. The number of hydrogen-bond donors (Lipinski definition) is 1. The van der Waals surface area contributed by atoms with Crippen molar-refractivity contribution in [2.45, 2.75) is 26.4 Å². The van der Waals surface area contributed by atoms with E-state index in [1.807, 2.05) is 38.1 Å². The third-order valence-corrected chi connectivity index (χ3v) is 3.44. The molecular weight excluding hydrogens is 284 g/mol. The maximum atomic E-state index is 12.3. The van der Waals surface area contributed by atoms with E-state index in [4.69, 9.17) is 9.47 Å². The first kappa shape index (κ1) is 16.1. The second-order valence-electron chi connectivity index (χ2n) is 5.71. The summed E-state index contributed by atoms with van der Waals surface area (Å²) in [6, 6.07) is 6.93. The molecule has 0 radical (unpaired) electrons. The van der Waals surface area contributed by atoms with Crippen molar-refractivity contribution < 1.29 is 19.1 Å². The molecule has 1 fully saturated rings. The summed E-state index contributed by atoms with van der Waals surface area (Å²) < 4.78 is 10.1. The van der Waals surface area contributed by atoms with Crippen LogP contribution in [-0.4, -0.2) is 43.2 Å². The van der Waals surface area contributed by atoms with E-state index in [0.717, 1.165) is 11.3 Å². The van der Waals surface area contributed by atoms with Crippen molar-refractivity contribution in [3.8, 4) is 5.75 Å². The minimum Gasteiger partial charge on any atom is -0.497 e. The first-order chi connectivity index (χ1) is 10.5. The number of ether oxygens (including phenoxy) is 2. The van der Waals surface area contributed by atoms with Crippen LogP contribution in [0.25, 0.3) is 0 Å². The van der Waals surface area contributed by atoms with Gasteiger partial charge in [-0.05, 0) is 23.6 Å². The zero-order valence-corrected chi connectivity index (χ0v) is 13.2. The Morgan fingerprint density at radius 2 is 2.27 bits per heavy atom. The topological polar surface area (TPSA) is 67.9 Å². The van der Waals surface area contributed by atoms with Gasteiger partial charge in [0, 0.05) is 13.1 Å². The van der Waals surface area contributed by atoms with Gasteiger partial charge in [-0.3, -0.25) is 9.69 Å². The molecule has 1 aliphatic heterocycles. The van der Waals surface area contributed by atoms with Gasteiger partial charge in [-0.15, -0.1) is 0 Å². The van der Waals surface area contributed by atoms with E-state index in [2.05, 4.69) is 5.32 Å². The van der Waals surface area contributed by atoms with Crippen molar-refractivity contribution in [3.05, 3.63) is 29.8 Å². The third kappa shape index (κ3) is 3.90. The van der Waals surface area contributed by atoms with Gasteiger partial charge >= 0.3 is 6.09 Å². The Balaban J connectivity index is 1.94. The van der Waals surface area contributed by atoms with Crippen LogP contribution in [-0.2, 0) is 16.1 Å². The van der Waals surface area contributed by atoms with Gasteiger partial charge in [0.2, 0.25) is 5.91 Å². The van der Waals surface area contributed by atoms with E-state index in [1.165, 1.54) is 4.90 Å². The maximum absolute atomic E-state index is 12.3. The Kier molecular flexibility index (Phi) is 5.25. The van der Waals surface area contributed by atoms with Gasteiger partial charge < -0.3 is 14.8 Å². The number of rotatable bonds is 6. The second-order valence-corrected chi connectivity index (χ2v) is 5.71. The highest BCUT2D eigenvalue weighted by Crippen LogP contribution is 2.16. The molecule has 0 saturated carbocycles. The van der Waals surface area contributed by atoms with Gasteiger partial charge in [0.1, 0.15) is 18.4 Å². The molecule has 1 heterocycles. The van der Waals surface area contributed by atoms with Crippen molar-refractivity contribution >= 4 is 12.0 Å². The molecule has 2 amide bonds. The summed E-state index contributed by atoms with van der Waals surface area (Å²) in [5.41, 5.74) is 0.938. The van der Waals surface area contributed by atoms with Crippen LogP contribution in [0.2, 0.25) is 0 Å². The highest BCUT2D eigenvalue weighted by Gasteiger charge is 2.37. The molecule has 22 heavy (non-hydrogen) atoms. The Morgan fingerprint density at radius 1 is 1.50 bits per heavy atom. The monoisotopic (exact) mass is 306 g/mol. The summed E-state index contributed by atoms with van der Waals surface area (Å²) in [6.45, 7) is 5.00. The first-order valence-corrected chi connectivity index (χ1v) is 7.35. The summed E-state index contributed by atoms with van der Waals surface area (Å²) >= 11 is 0. The Hall–Kier alpha value is -2.24. The first-order valence-electron chi connectivity index (χ1n) is 7.35. The number of amides is 2. The molecule has 1 aromatic rings. The van der Waals surface area contributed by atoms with E-state index >= 15 is 0 Å². The van der Waals surface area contributed by atoms with Crippen molar-refractivity contribution in [3.63, 3.8) is 0 Å². The standard InChI is InChI=1S/C16H22N2O4/c1-11(2)9-18-14(10-22-16(18)20)15(19)17-8-12-5-4-6-13(7-12)21-3/h4-7,11,14H,8-10H2,1-3H3,(H,17,19)/t14-/m0/s1. The summed E-state index contributed by atoms with van der Waals surface area (Å²) in [6.07, 6.45) is -0.421. The summed E-state index contributed by atoms with van der Waals surface area (Å²) in [5, 5.41) is 2.85. The smallest absolute Gasteiger partial charge is 0.410 e. The van der Waals surface area contributed by atoms with E-state index < -0.39 is 12.1 Å². The van der Waals surface area contributed by atoms with Gasteiger partial charge in [-0.25, -0.2) is 4.79 Å². The molecule has 2 rings (SSSR count). The van der Waals surface area contributed by atoms with Crippen molar-refractivity contribution in [2.24, 2.45) is 5.92 Å². The van der Waals surface area contributed by atoms with Crippen molar-refractivity contribution in [1.29, 1.82) is 0 Å². The van der Waals surface area contributed by atoms with Crippen LogP contribution in [0.3, 0.4) is 0 Å². The number of nitrogens with one attached hydrogen (secondary N) is 1. The number of hydrogen-bond acceptors (Lipinski definition) is 4. The SMILES string of the molecule is COc1cccc(CNC(=O)[C@@H]2COC(=O)N2CC(C)C)c1. The van der Waals surface area contributed by atoms with Gasteiger partial charge in [-0.2, -0.15) is 0 Å². The Bertz CT molecular complexity index is 545. The molecule has 1 saturated heterocycles. The predicted octanol–water partition coefficient (Wildman–Crippen LogP) is 1.79. The molecule has 1 N–H and O–H groups in total. The molecule has 0 unspecified atom stereocenters. The second kappa shape index (κ2) is 7.15. The summed E-state index contributed by atoms with van der Waals surface area (Å²) in [7, 11) is 1.60. The minimum absolute atomic E-state index is 0.107. The molecule has 0 spiro atoms. The highest BCUT2D eigenvalue weighted by molar-refractivity contribution is 5.87. The zero-order valence-electron chi connectivity index (χ0n) is 13.2. The van der Waals surface area contributed by atoms with E-state index in [1.54, 1.807) is 7.11 Å². The Labute approximate surface area is 130 Å². The molecule has 0 aliphatic carbocycles. The lowest BCUT2D eigenvalue weighted by atomic mass is 10.1. The third-order valence-electron chi connectivity index (χ3n) is 3.44. The summed E-state index contributed by atoms with van der Waals surface area (Å²) in [4.78, 5) is 25.5. The van der Waals surface area contributed by atoms with Gasteiger partial charge in [-0.1, -0.05) is 26.0 Å². The number of cyclic esters (lactones) is 1. The number of carbonyl (C=O) groups is 2. The van der Waals surface area contributed by atoms with E-state index in [9.17, 15) is 9.59 Å². The van der Waals surface area contributed by atoms with Crippen molar-refractivity contribution in [2.75, 3.05) is 20.3 Å². The van der Waals surface area contributed by atoms with Crippen LogP contribution in [0.1, 0.15) is 19.4 Å². The molecule has 6 heteroatoms. The molecular formula is C16H22N2O4. The lowest BCUT2D eigenvalue weighted by Crippen LogP contribution is -2.46. The fourth-order valence-electron chi connectivity index (χ4n) is 2.35. The van der Waals surface area contributed by atoms with Crippen LogP contribution in [0.4, 0.5) is 4.79 Å². The minimum atomic E-state index is -0.555. The normalized spacial score (nSPS) is 17.5. The average Bonchev–Trinajstić information content (AvgIpc) is 2.85. The van der Waals surface area contributed by atoms with Crippen LogP contribution in [0.15, 0.2) is 24.3 Å². The zero-order chi connectivity index (χ0) is 16.1. The molecule has 1 aromatic carbocycles. The number of benzene rings is 1. The fraction of sp³-hybridized carbons (Fsp3) is 0.500. The van der Waals surface area contributed by atoms with Gasteiger partial charge in [0.15, 0.2) is 0 Å². The van der Waals surface area contributed by atoms with E-state index in [0.29, 0.717) is 13.1 Å². The Morgan fingerprint density at radius 3 is 2.95 bits per heavy atom. The lowest BCUT2D eigenvalue weighted by molar-refractivity contribution is -0.125. The van der Waals surface area contributed by atoms with Crippen molar-refractivity contribution in [1.82, 2.24) is 10.2 Å². The largest absolute Gasteiger partial charge is 0.497 e. The maximum Gasteiger partial charge on any atom is 0.410 e. The quantitative estimate of drug-likeness (QED) is 0.870.